The fourth-order valence-corrected chi connectivity index (χ4v) is 4.12. The quantitative estimate of drug-likeness (QED) is 0.673. The van der Waals surface area contributed by atoms with Crippen molar-refractivity contribution in [3.63, 3.8) is 0 Å². The molecular weight excluding hydrogens is 406 g/mol. The van der Waals surface area contributed by atoms with Crippen molar-refractivity contribution in [1.29, 1.82) is 0 Å². The highest BCUT2D eigenvalue weighted by Crippen LogP contribution is 2.34. The molecule has 2 aliphatic heterocycles. The van der Waals surface area contributed by atoms with Gasteiger partial charge in [-0.25, -0.2) is 8.42 Å². The first-order chi connectivity index (χ1) is 13.0. The third-order valence-corrected chi connectivity index (χ3v) is 5.81. The molecular formula is C18H20ClN3O5S. The predicted octanol–water partition coefficient (Wildman–Crippen LogP) is 1.73. The van der Waals surface area contributed by atoms with Crippen molar-refractivity contribution in [3.05, 3.63) is 48.0 Å². The van der Waals surface area contributed by atoms with Crippen LogP contribution in [0, 0.1) is 0 Å². The number of rotatable bonds is 5. The number of amides is 1. The zero-order valence-corrected chi connectivity index (χ0v) is 16.4. The Kier molecular flexibility index (Phi) is 5.97. The molecule has 2 aromatic carbocycles. The first-order valence-corrected chi connectivity index (χ1v) is 10.0. The Labute approximate surface area is 169 Å². The van der Waals surface area contributed by atoms with Crippen LogP contribution in [0.3, 0.4) is 0 Å². The van der Waals surface area contributed by atoms with Crippen LogP contribution in [-0.4, -0.2) is 40.2 Å². The van der Waals surface area contributed by atoms with Crippen molar-refractivity contribution >= 4 is 34.0 Å². The normalized spacial score (nSPS) is 17.6. The van der Waals surface area contributed by atoms with E-state index in [1.807, 2.05) is 0 Å². The highest BCUT2D eigenvalue weighted by molar-refractivity contribution is 7.92. The first-order valence-electron chi connectivity index (χ1n) is 8.55. The number of halogens is 1. The molecule has 1 amide bonds. The summed E-state index contributed by atoms with van der Waals surface area (Å²) in [6.07, 6.45) is 0.857. The van der Waals surface area contributed by atoms with E-state index >= 15 is 0 Å². The lowest BCUT2D eigenvalue weighted by Crippen LogP contribution is -2.36. The summed E-state index contributed by atoms with van der Waals surface area (Å²) in [4.78, 5) is 12.4. The van der Waals surface area contributed by atoms with Crippen molar-refractivity contribution in [2.75, 3.05) is 24.6 Å². The van der Waals surface area contributed by atoms with Gasteiger partial charge in [0.25, 0.3) is 15.9 Å². The first kappa shape index (κ1) is 20.2. The van der Waals surface area contributed by atoms with Gasteiger partial charge >= 0.3 is 0 Å². The summed E-state index contributed by atoms with van der Waals surface area (Å²) < 4.78 is 38.4. The van der Waals surface area contributed by atoms with Crippen LogP contribution >= 0.6 is 12.4 Å². The summed E-state index contributed by atoms with van der Waals surface area (Å²) in [6, 6.07) is 10.8. The summed E-state index contributed by atoms with van der Waals surface area (Å²) in [7, 11) is -3.85. The Morgan fingerprint density at radius 2 is 1.93 bits per heavy atom. The average Bonchev–Trinajstić information content (AvgIpc) is 3.32. The van der Waals surface area contributed by atoms with Crippen LogP contribution in [0.25, 0.3) is 0 Å². The minimum atomic E-state index is -3.85. The molecule has 0 spiro atoms. The summed E-state index contributed by atoms with van der Waals surface area (Å²) in [5, 5.41) is 6.07. The molecule has 150 valence electrons. The maximum absolute atomic E-state index is 12.7. The fraction of sp³-hybridized carbons (Fsp3) is 0.278. The van der Waals surface area contributed by atoms with E-state index in [4.69, 9.17) is 9.47 Å². The maximum Gasteiger partial charge on any atom is 0.261 e. The van der Waals surface area contributed by atoms with Crippen molar-refractivity contribution in [1.82, 2.24) is 10.6 Å². The smallest absolute Gasteiger partial charge is 0.261 e. The van der Waals surface area contributed by atoms with Crippen LogP contribution in [0.2, 0.25) is 0 Å². The van der Waals surface area contributed by atoms with E-state index in [2.05, 4.69) is 15.4 Å². The number of carbonyl (C=O) groups is 1. The van der Waals surface area contributed by atoms with Crippen molar-refractivity contribution in [2.45, 2.75) is 17.4 Å². The Morgan fingerprint density at radius 3 is 2.71 bits per heavy atom. The molecule has 2 heterocycles. The Bertz CT molecular complexity index is 977. The fourth-order valence-electron chi connectivity index (χ4n) is 3.03. The largest absolute Gasteiger partial charge is 0.454 e. The van der Waals surface area contributed by atoms with E-state index in [0.29, 0.717) is 22.7 Å². The molecule has 0 aromatic heterocycles. The summed E-state index contributed by atoms with van der Waals surface area (Å²) in [6.45, 7) is 1.69. The van der Waals surface area contributed by atoms with Gasteiger partial charge in [0, 0.05) is 24.2 Å². The second-order valence-corrected chi connectivity index (χ2v) is 8.05. The van der Waals surface area contributed by atoms with Crippen LogP contribution in [0.5, 0.6) is 11.5 Å². The minimum absolute atomic E-state index is 0. The number of benzene rings is 2. The number of fused-ring (bicyclic) bond motifs is 1. The molecule has 8 nitrogen and oxygen atoms in total. The van der Waals surface area contributed by atoms with E-state index < -0.39 is 10.0 Å². The highest BCUT2D eigenvalue weighted by Gasteiger charge is 2.21. The Morgan fingerprint density at radius 1 is 1.11 bits per heavy atom. The van der Waals surface area contributed by atoms with E-state index in [1.165, 1.54) is 12.1 Å². The van der Waals surface area contributed by atoms with Gasteiger partial charge < -0.3 is 20.1 Å². The zero-order valence-electron chi connectivity index (χ0n) is 14.8. The zero-order chi connectivity index (χ0) is 18.9. The number of carbonyl (C=O) groups excluding carboxylic acids is 1. The van der Waals surface area contributed by atoms with Crippen molar-refractivity contribution in [2.24, 2.45) is 0 Å². The molecule has 10 heteroatoms. The van der Waals surface area contributed by atoms with Gasteiger partial charge in [0.15, 0.2) is 11.5 Å². The van der Waals surface area contributed by atoms with E-state index in [9.17, 15) is 13.2 Å². The van der Waals surface area contributed by atoms with Gasteiger partial charge in [-0.2, -0.15) is 0 Å². The van der Waals surface area contributed by atoms with Crippen LogP contribution in [0.4, 0.5) is 5.69 Å². The van der Waals surface area contributed by atoms with Gasteiger partial charge in [-0.15, -0.1) is 12.4 Å². The van der Waals surface area contributed by atoms with Gasteiger partial charge in [-0.3, -0.25) is 9.52 Å². The standard InChI is InChI=1S/C18H19N3O5S.ClH/c22-18(20-14-6-7-19-10-14)12-2-1-3-15(8-12)27(23,24)21-13-4-5-16-17(9-13)26-11-25-16;/h1-5,8-9,14,19,21H,6-7,10-11H2,(H,20,22);1H. The van der Waals surface area contributed by atoms with Crippen LogP contribution in [0.15, 0.2) is 47.4 Å². The molecule has 1 unspecified atom stereocenters. The molecule has 1 fully saturated rings. The molecule has 0 radical (unpaired) electrons. The third kappa shape index (κ3) is 4.32. The molecule has 4 rings (SSSR count). The van der Waals surface area contributed by atoms with Crippen molar-refractivity contribution in [3.8, 4) is 11.5 Å². The number of hydrogen-bond donors (Lipinski definition) is 3. The number of sulfonamides is 1. The van der Waals surface area contributed by atoms with E-state index in [0.717, 1.165) is 19.5 Å². The lowest BCUT2D eigenvalue weighted by Gasteiger charge is -2.13. The summed E-state index contributed by atoms with van der Waals surface area (Å²) >= 11 is 0. The summed E-state index contributed by atoms with van der Waals surface area (Å²) in [5.74, 6) is 0.760. The molecule has 1 saturated heterocycles. The molecule has 2 aromatic rings. The lowest BCUT2D eigenvalue weighted by atomic mass is 10.2. The van der Waals surface area contributed by atoms with E-state index in [-0.39, 0.29) is 36.0 Å². The Hall–Kier alpha value is -2.49. The van der Waals surface area contributed by atoms with Crippen molar-refractivity contribution < 1.29 is 22.7 Å². The van der Waals surface area contributed by atoms with Crippen LogP contribution in [0.1, 0.15) is 16.8 Å². The molecule has 0 bridgehead atoms. The predicted molar refractivity (Wildman–Crippen MR) is 106 cm³/mol. The second kappa shape index (κ2) is 8.26. The van der Waals surface area contributed by atoms with Gasteiger partial charge in [-0.1, -0.05) is 6.07 Å². The van der Waals surface area contributed by atoms with Gasteiger partial charge in [0.05, 0.1) is 10.6 Å². The molecule has 3 N–H and O–H groups in total. The van der Waals surface area contributed by atoms with Crippen LogP contribution < -0.4 is 24.8 Å². The minimum Gasteiger partial charge on any atom is -0.454 e. The summed E-state index contributed by atoms with van der Waals surface area (Å²) in [5.41, 5.74) is 0.654. The molecule has 0 saturated carbocycles. The monoisotopic (exact) mass is 425 g/mol. The highest BCUT2D eigenvalue weighted by atomic mass is 35.5. The molecule has 2 aliphatic rings. The molecule has 28 heavy (non-hydrogen) atoms. The van der Waals surface area contributed by atoms with E-state index in [1.54, 1.807) is 30.3 Å². The second-order valence-electron chi connectivity index (χ2n) is 6.36. The number of hydrogen-bond acceptors (Lipinski definition) is 6. The van der Waals surface area contributed by atoms with Gasteiger partial charge in [0.2, 0.25) is 6.79 Å². The third-order valence-electron chi connectivity index (χ3n) is 4.43. The molecule has 1 atom stereocenters. The van der Waals surface area contributed by atoms with Gasteiger partial charge in [0.1, 0.15) is 0 Å². The number of anilines is 1. The average molecular weight is 426 g/mol. The number of nitrogens with one attached hydrogen (secondary N) is 3. The topological polar surface area (TPSA) is 106 Å². The Balaban J connectivity index is 0.00000225. The lowest BCUT2D eigenvalue weighted by molar-refractivity contribution is 0.0940. The number of ether oxygens (including phenoxy) is 2. The SMILES string of the molecule is Cl.O=C(NC1CCNC1)c1cccc(S(=O)(=O)Nc2ccc3c(c2)OCO3)c1. The van der Waals surface area contributed by atoms with Crippen LogP contribution in [-0.2, 0) is 10.0 Å². The molecule has 0 aliphatic carbocycles. The maximum atomic E-state index is 12.7. The van der Waals surface area contributed by atoms with Gasteiger partial charge in [-0.05, 0) is 43.3 Å².